The predicted octanol–water partition coefficient (Wildman–Crippen LogP) is 6.12. The predicted molar refractivity (Wildman–Crippen MR) is 97.8 cm³/mol. The lowest BCUT2D eigenvalue weighted by Crippen LogP contribution is -2.12. The molecule has 1 saturated carbocycles. The van der Waals surface area contributed by atoms with Gasteiger partial charge in [0.2, 0.25) is 0 Å². The van der Waals surface area contributed by atoms with Gasteiger partial charge in [-0.2, -0.15) is 0 Å². The number of hydrogen-bond acceptors (Lipinski definition) is 3. The average Bonchev–Trinajstić information content (AvgIpc) is 2.99. The molecule has 2 nitrogen and oxygen atoms in total. The standard InChI is InChI=1S/C18H21Cl2NOS/c1-22-11-16-17(10-19)23-18(21-16)14-4-2-12(3-5-14)13-6-8-15(20)9-7-13/h6-9,12,14H,2-5,10-11H2,1H3. The summed E-state index contributed by atoms with van der Waals surface area (Å²) in [5.74, 6) is 1.74. The number of hydrogen-bond donors (Lipinski definition) is 0. The SMILES string of the molecule is COCc1nc(C2CCC(c3ccc(Cl)cc3)CC2)sc1CCl. The highest BCUT2D eigenvalue weighted by Crippen LogP contribution is 2.42. The minimum absolute atomic E-state index is 0.524. The Morgan fingerprint density at radius 1 is 1.13 bits per heavy atom. The molecule has 0 unspecified atom stereocenters. The van der Waals surface area contributed by atoms with Crippen molar-refractivity contribution in [3.63, 3.8) is 0 Å². The molecule has 0 atom stereocenters. The number of aromatic nitrogens is 1. The summed E-state index contributed by atoms with van der Waals surface area (Å²) in [5.41, 5.74) is 2.43. The maximum absolute atomic E-state index is 6.04. The monoisotopic (exact) mass is 369 g/mol. The van der Waals surface area contributed by atoms with Crippen molar-refractivity contribution >= 4 is 34.5 Å². The maximum atomic E-state index is 6.04. The third kappa shape index (κ3) is 4.08. The molecule has 0 N–H and O–H groups in total. The summed E-state index contributed by atoms with van der Waals surface area (Å²) in [6.07, 6.45) is 4.80. The number of halogens is 2. The third-order valence-corrected chi connectivity index (χ3v) is 6.55. The van der Waals surface area contributed by atoms with Gasteiger partial charge in [0.05, 0.1) is 23.2 Å². The smallest absolute Gasteiger partial charge is 0.0963 e. The molecule has 1 fully saturated rings. The van der Waals surface area contributed by atoms with Crippen molar-refractivity contribution in [2.24, 2.45) is 0 Å². The number of methoxy groups -OCH3 is 1. The first-order valence-corrected chi connectivity index (χ1v) is 9.73. The first kappa shape index (κ1) is 17.2. The van der Waals surface area contributed by atoms with E-state index in [2.05, 4.69) is 12.1 Å². The molecule has 5 heteroatoms. The van der Waals surface area contributed by atoms with Gasteiger partial charge in [-0.3, -0.25) is 0 Å². The Bertz CT molecular complexity index is 633. The molecule has 1 heterocycles. The maximum Gasteiger partial charge on any atom is 0.0963 e. The van der Waals surface area contributed by atoms with Crippen LogP contribution in [0.25, 0.3) is 0 Å². The molecule has 0 saturated heterocycles. The molecule has 1 aromatic heterocycles. The molecule has 23 heavy (non-hydrogen) atoms. The first-order chi connectivity index (χ1) is 11.2. The summed E-state index contributed by atoms with van der Waals surface area (Å²) in [5, 5.41) is 2.05. The zero-order valence-corrected chi connectivity index (χ0v) is 15.6. The number of benzene rings is 1. The summed E-state index contributed by atoms with van der Waals surface area (Å²) < 4.78 is 5.23. The fourth-order valence-electron chi connectivity index (χ4n) is 3.34. The summed E-state index contributed by atoms with van der Waals surface area (Å²) in [7, 11) is 1.70. The number of alkyl halides is 1. The average molecular weight is 370 g/mol. The van der Waals surface area contributed by atoms with Gasteiger partial charge in [-0.25, -0.2) is 4.98 Å². The fraction of sp³-hybridized carbons (Fsp3) is 0.500. The van der Waals surface area contributed by atoms with Crippen LogP contribution in [-0.4, -0.2) is 12.1 Å². The number of ether oxygens (including phenoxy) is 1. The molecule has 0 spiro atoms. The van der Waals surface area contributed by atoms with Crippen molar-refractivity contribution in [2.45, 2.75) is 50.0 Å². The second-order valence-corrected chi connectivity index (χ2v) is 7.91. The van der Waals surface area contributed by atoms with Gasteiger partial charge in [0.25, 0.3) is 0 Å². The zero-order chi connectivity index (χ0) is 16.2. The van der Waals surface area contributed by atoms with Crippen molar-refractivity contribution in [2.75, 3.05) is 7.11 Å². The van der Waals surface area contributed by atoms with Crippen LogP contribution >= 0.6 is 34.5 Å². The van der Waals surface area contributed by atoms with E-state index in [4.69, 9.17) is 32.9 Å². The van der Waals surface area contributed by atoms with E-state index in [1.807, 2.05) is 12.1 Å². The van der Waals surface area contributed by atoms with Crippen LogP contribution in [0.4, 0.5) is 0 Å². The number of thiazole rings is 1. The van der Waals surface area contributed by atoms with E-state index in [1.165, 1.54) is 36.3 Å². The Morgan fingerprint density at radius 2 is 1.78 bits per heavy atom. The molecule has 1 aromatic carbocycles. The molecule has 0 radical (unpaired) electrons. The molecule has 124 valence electrons. The third-order valence-electron chi connectivity index (χ3n) is 4.62. The highest BCUT2D eigenvalue weighted by Gasteiger charge is 2.26. The number of rotatable bonds is 5. The lowest BCUT2D eigenvalue weighted by atomic mass is 9.79. The summed E-state index contributed by atoms with van der Waals surface area (Å²) in [6, 6.07) is 8.32. The van der Waals surface area contributed by atoms with Crippen LogP contribution in [0.1, 0.15) is 58.7 Å². The second kappa shape index (κ2) is 7.98. The highest BCUT2D eigenvalue weighted by atomic mass is 35.5. The summed E-state index contributed by atoms with van der Waals surface area (Å²) in [4.78, 5) is 5.95. The normalized spacial score (nSPS) is 21.5. The van der Waals surface area contributed by atoms with Crippen molar-refractivity contribution in [3.05, 3.63) is 50.4 Å². The van der Waals surface area contributed by atoms with Gasteiger partial charge >= 0.3 is 0 Å². The van der Waals surface area contributed by atoms with Gasteiger partial charge in [-0.05, 0) is 49.3 Å². The topological polar surface area (TPSA) is 22.1 Å². The van der Waals surface area contributed by atoms with Crippen LogP contribution in [0.3, 0.4) is 0 Å². The van der Waals surface area contributed by atoms with Crippen molar-refractivity contribution in [1.29, 1.82) is 0 Å². The molecule has 0 aliphatic heterocycles. The summed E-state index contributed by atoms with van der Waals surface area (Å²) >= 11 is 13.8. The lowest BCUT2D eigenvalue weighted by molar-refractivity contribution is 0.181. The fourth-order valence-corrected chi connectivity index (χ4v) is 4.87. The van der Waals surface area contributed by atoms with Crippen molar-refractivity contribution < 1.29 is 4.74 Å². The van der Waals surface area contributed by atoms with Gasteiger partial charge in [0, 0.05) is 22.9 Å². The van der Waals surface area contributed by atoms with Gasteiger partial charge in [0.15, 0.2) is 0 Å². The molecule has 0 bridgehead atoms. The van der Waals surface area contributed by atoms with E-state index in [9.17, 15) is 0 Å². The van der Waals surface area contributed by atoms with E-state index >= 15 is 0 Å². The molecule has 2 aromatic rings. The van der Waals surface area contributed by atoms with Crippen LogP contribution in [-0.2, 0) is 17.2 Å². The largest absolute Gasteiger partial charge is 0.378 e. The minimum Gasteiger partial charge on any atom is -0.378 e. The van der Waals surface area contributed by atoms with E-state index in [0.717, 1.165) is 15.6 Å². The van der Waals surface area contributed by atoms with Crippen LogP contribution in [0.5, 0.6) is 0 Å². The quantitative estimate of drug-likeness (QED) is 0.591. The van der Waals surface area contributed by atoms with Gasteiger partial charge < -0.3 is 4.74 Å². The highest BCUT2D eigenvalue weighted by molar-refractivity contribution is 7.12. The molecule has 1 aliphatic rings. The van der Waals surface area contributed by atoms with Crippen LogP contribution in [0.15, 0.2) is 24.3 Å². The Balaban J connectivity index is 1.65. The Kier molecular flexibility index (Phi) is 5.97. The minimum atomic E-state index is 0.524. The Labute approximate surface area is 151 Å². The zero-order valence-electron chi connectivity index (χ0n) is 13.2. The first-order valence-electron chi connectivity index (χ1n) is 8.00. The lowest BCUT2D eigenvalue weighted by Gasteiger charge is -2.27. The van der Waals surface area contributed by atoms with Crippen LogP contribution in [0, 0.1) is 0 Å². The Hall–Kier alpha value is -0.610. The van der Waals surface area contributed by atoms with E-state index in [-0.39, 0.29) is 0 Å². The molecule has 3 rings (SSSR count). The van der Waals surface area contributed by atoms with Crippen LogP contribution in [0.2, 0.25) is 5.02 Å². The van der Waals surface area contributed by atoms with E-state index in [0.29, 0.717) is 24.3 Å². The van der Waals surface area contributed by atoms with E-state index < -0.39 is 0 Å². The molecular weight excluding hydrogens is 349 g/mol. The van der Waals surface area contributed by atoms with Crippen molar-refractivity contribution in [3.8, 4) is 0 Å². The van der Waals surface area contributed by atoms with Gasteiger partial charge in [-0.15, -0.1) is 22.9 Å². The van der Waals surface area contributed by atoms with Crippen LogP contribution < -0.4 is 0 Å². The van der Waals surface area contributed by atoms with Gasteiger partial charge in [0.1, 0.15) is 0 Å². The molecular formula is C18H21Cl2NOS. The molecule has 0 amide bonds. The molecule has 1 aliphatic carbocycles. The second-order valence-electron chi connectivity index (χ2n) is 6.09. The van der Waals surface area contributed by atoms with E-state index in [1.54, 1.807) is 18.4 Å². The van der Waals surface area contributed by atoms with Gasteiger partial charge in [-0.1, -0.05) is 23.7 Å². The Morgan fingerprint density at radius 3 is 2.39 bits per heavy atom. The number of nitrogens with zero attached hydrogens (tertiary/aromatic N) is 1. The summed E-state index contributed by atoms with van der Waals surface area (Å²) in [6.45, 7) is 0.554. The van der Waals surface area contributed by atoms with Crippen molar-refractivity contribution in [1.82, 2.24) is 4.98 Å².